The highest BCUT2D eigenvalue weighted by Gasteiger charge is 2.10. The van der Waals surface area contributed by atoms with Crippen LogP contribution in [0.5, 0.6) is 0 Å². The Bertz CT molecular complexity index is 615. The molecule has 2 rings (SSSR count). The number of nitrogens with two attached hydrogens (primary N) is 1. The van der Waals surface area contributed by atoms with E-state index in [1.807, 2.05) is 6.07 Å². The molecule has 1 atom stereocenters. The fourth-order valence-corrected chi connectivity index (χ4v) is 1.91. The van der Waals surface area contributed by atoms with Crippen molar-refractivity contribution in [2.45, 2.75) is 13.0 Å². The number of rotatable bonds is 2. The van der Waals surface area contributed by atoms with Crippen molar-refractivity contribution in [3.05, 3.63) is 58.1 Å². The van der Waals surface area contributed by atoms with Crippen molar-refractivity contribution in [1.29, 1.82) is 0 Å². The quantitative estimate of drug-likeness (QED) is 0.883. The summed E-state index contributed by atoms with van der Waals surface area (Å²) in [7, 11) is 1.69. The molecule has 2 N–H and O–H groups in total. The molecule has 0 spiro atoms. The number of halogens is 1. The van der Waals surface area contributed by atoms with E-state index in [2.05, 4.69) is 0 Å². The number of hydrogen-bond donors (Lipinski definition) is 1. The molecule has 1 heterocycles. The van der Waals surface area contributed by atoms with Gasteiger partial charge in [0.05, 0.1) is 5.69 Å². The summed E-state index contributed by atoms with van der Waals surface area (Å²) in [5.74, 6) is -0.295. The maximum absolute atomic E-state index is 12.9. The second-order valence-corrected chi connectivity index (χ2v) is 4.33. The average molecular weight is 246 g/mol. The van der Waals surface area contributed by atoms with Crippen LogP contribution in [0.15, 0.2) is 41.2 Å². The van der Waals surface area contributed by atoms with Crippen LogP contribution in [0.1, 0.15) is 18.5 Å². The van der Waals surface area contributed by atoms with Gasteiger partial charge < -0.3 is 10.3 Å². The zero-order chi connectivity index (χ0) is 13.3. The van der Waals surface area contributed by atoms with Crippen molar-refractivity contribution in [3.8, 4) is 11.3 Å². The Morgan fingerprint density at radius 3 is 2.33 bits per heavy atom. The van der Waals surface area contributed by atoms with Crippen molar-refractivity contribution in [2.75, 3.05) is 0 Å². The molecule has 0 bridgehead atoms. The lowest BCUT2D eigenvalue weighted by Crippen LogP contribution is -2.26. The molecule has 1 aromatic carbocycles. The summed E-state index contributed by atoms with van der Waals surface area (Å²) in [6.07, 6.45) is 0. The Hall–Kier alpha value is -1.94. The Kier molecular flexibility index (Phi) is 3.30. The van der Waals surface area contributed by atoms with E-state index in [-0.39, 0.29) is 17.4 Å². The zero-order valence-electron chi connectivity index (χ0n) is 10.4. The van der Waals surface area contributed by atoms with Crippen molar-refractivity contribution < 1.29 is 4.39 Å². The Balaban J connectivity index is 2.57. The minimum atomic E-state index is -0.300. The van der Waals surface area contributed by atoms with Crippen LogP contribution >= 0.6 is 0 Å². The molecule has 0 fully saturated rings. The summed E-state index contributed by atoms with van der Waals surface area (Å²) in [4.78, 5) is 12.1. The first-order valence-electron chi connectivity index (χ1n) is 5.72. The largest absolute Gasteiger partial charge is 0.324 e. The molecule has 1 unspecified atom stereocenters. The van der Waals surface area contributed by atoms with Crippen molar-refractivity contribution in [2.24, 2.45) is 12.8 Å². The van der Waals surface area contributed by atoms with Gasteiger partial charge in [0.15, 0.2) is 0 Å². The SMILES string of the molecule is CC(N)c1ccc(-c2ccc(F)cc2)n(C)c1=O. The van der Waals surface area contributed by atoms with Gasteiger partial charge in [-0.05, 0) is 48.9 Å². The maximum Gasteiger partial charge on any atom is 0.255 e. The molecule has 0 aliphatic heterocycles. The van der Waals surface area contributed by atoms with Crippen LogP contribution in [0.4, 0.5) is 4.39 Å². The fourth-order valence-electron chi connectivity index (χ4n) is 1.91. The zero-order valence-corrected chi connectivity index (χ0v) is 10.4. The molecule has 3 nitrogen and oxygen atoms in total. The van der Waals surface area contributed by atoms with Gasteiger partial charge in [0, 0.05) is 18.7 Å². The Morgan fingerprint density at radius 1 is 1.17 bits per heavy atom. The Morgan fingerprint density at radius 2 is 1.78 bits per heavy atom. The minimum Gasteiger partial charge on any atom is -0.324 e. The van der Waals surface area contributed by atoms with Crippen LogP contribution < -0.4 is 11.3 Å². The lowest BCUT2D eigenvalue weighted by atomic mass is 10.1. The fraction of sp³-hybridized carbons (Fsp3) is 0.214. The van der Waals surface area contributed by atoms with Gasteiger partial charge in [-0.15, -0.1) is 0 Å². The number of pyridine rings is 1. The summed E-state index contributed by atoms with van der Waals surface area (Å²) in [6.45, 7) is 1.77. The number of nitrogens with zero attached hydrogens (tertiary/aromatic N) is 1. The summed E-state index contributed by atoms with van der Waals surface area (Å²) < 4.78 is 14.4. The number of aromatic nitrogens is 1. The molecule has 0 amide bonds. The van der Waals surface area contributed by atoms with Crippen molar-refractivity contribution in [1.82, 2.24) is 4.57 Å². The van der Waals surface area contributed by atoms with Crippen LogP contribution in [0.25, 0.3) is 11.3 Å². The van der Waals surface area contributed by atoms with Crippen LogP contribution in [-0.4, -0.2) is 4.57 Å². The highest BCUT2D eigenvalue weighted by Crippen LogP contribution is 2.18. The van der Waals surface area contributed by atoms with Gasteiger partial charge in [0.1, 0.15) is 5.82 Å². The third kappa shape index (κ3) is 2.19. The van der Waals surface area contributed by atoms with Crippen LogP contribution in [0.2, 0.25) is 0 Å². The average Bonchev–Trinajstić information content (AvgIpc) is 2.33. The molecule has 0 saturated carbocycles. The van der Waals surface area contributed by atoms with E-state index in [9.17, 15) is 9.18 Å². The lowest BCUT2D eigenvalue weighted by molar-refractivity contribution is 0.628. The van der Waals surface area contributed by atoms with Gasteiger partial charge in [0.2, 0.25) is 0 Å². The molecule has 2 aromatic rings. The van der Waals surface area contributed by atoms with Gasteiger partial charge in [-0.1, -0.05) is 0 Å². The van der Waals surface area contributed by atoms with Gasteiger partial charge >= 0.3 is 0 Å². The first-order valence-corrected chi connectivity index (χ1v) is 5.72. The molecular formula is C14H15FN2O. The first kappa shape index (κ1) is 12.5. The highest BCUT2D eigenvalue weighted by atomic mass is 19.1. The smallest absolute Gasteiger partial charge is 0.255 e. The topological polar surface area (TPSA) is 48.0 Å². The third-order valence-electron chi connectivity index (χ3n) is 2.96. The standard InChI is InChI=1S/C14H15FN2O/c1-9(16)12-7-8-13(17(2)14(12)18)10-3-5-11(15)6-4-10/h3-9H,16H2,1-2H3. The molecule has 4 heteroatoms. The molecule has 0 saturated heterocycles. The van der Waals surface area contributed by atoms with E-state index >= 15 is 0 Å². The second-order valence-electron chi connectivity index (χ2n) is 4.33. The van der Waals surface area contributed by atoms with E-state index in [0.29, 0.717) is 5.56 Å². The van der Waals surface area contributed by atoms with Gasteiger partial charge in [-0.25, -0.2) is 4.39 Å². The number of benzene rings is 1. The minimum absolute atomic E-state index is 0.119. The predicted octanol–water partition coefficient (Wildman–Crippen LogP) is 2.21. The van der Waals surface area contributed by atoms with Crippen molar-refractivity contribution >= 4 is 0 Å². The summed E-state index contributed by atoms with van der Waals surface area (Å²) in [5, 5.41) is 0. The monoisotopic (exact) mass is 246 g/mol. The molecular weight excluding hydrogens is 231 g/mol. The molecule has 0 aliphatic carbocycles. The predicted molar refractivity (Wildman–Crippen MR) is 69.7 cm³/mol. The van der Waals surface area contributed by atoms with Gasteiger partial charge in [-0.2, -0.15) is 0 Å². The van der Waals surface area contributed by atoms with Crippen LogP contribution in [0, 0.1) is 5.82 Å². The lowest BCUT2D eigenvalue weighted by Gasteiger charge is -2.12. The summed E-state index contributed by atoms with van der Waals surface area (Å²) in [6, 6.07) is 9.30. The first-order chi connectivity index (χ1) is 8.50. The van der Waals surface area contributed by atoms with E-state index in [0.717, 1.165) is 11.3 Å². The second kappa shape index (κ2) is 4.74. The van der Waals surface area contributed by atoms with Crippen LogP contribution in [-0.2, 0) is 7.05 Å². The summed E-state index contributed by atoms with van der Waals surface area (Å²) >= 11 is 0. The normalized spacial score (nSPS) is 12.4. The Labute approximate surface area is 105 Å². The van der Waals surface area contributed by atoms with E-state index in [1.54, 1.807) is 32.2 Å². The van der Waals surface area contributed by atoms with Crippen LogP contribution in [0.3, 0.4) is 0 Å². The van der Waals surface area contributed by atoms with E-state index < -0.39 is 0 Å². The summed E-state index contributed by atoms with van der Waals surface area (Å²) in [5.41, 5.74) is 7.72. The van der Waals surface area contributed by atoms with Crippen molar-refractivity contribution in [3.63, 3.8) is 0 Å². The highest BCUT2D eigenvalue weighted by molar-refractivity contribution is 5.59. The third-order valence-corrected chi connectivity index (χ3v) is 2.96. The molecule has 0 radical (unpaired) electrons. The van der Waals surface area contributed by atoms with Gasteiger partial charge in [0.25, 0.3) is 5.56 Å². The molecule has 0 aliphatic rings. The maximum atomic E-state index is 12.9. The number of hydrogen-bond acceptors (Lipinski definition) is 2. The van der Waals surface area contributed by atoms with E-state index in [1.165, 1.54) is 16.7 Å². The van der Waals surface area contributed by atoms with Gasteiger partial charge in [-0.3, -0.25) is 4.79 Å². The molecule has 94 valence electrons. The molecule has 1 aromatic heterocycles. The molecule has 18 heavy (non-hydrogen) atoms. The van der Waals surface area contributed by atoms with E-state index in [4.69, 9.17) is 5.73 Å².